The van der Waals surface area contributed by atoms with Gasteiger partial charge in [0.25, 0.3) is 0 Å². The first-order valence-electron chi connectivity index (χ1n) is 7.28. The Hall–Kier alpha value is -0.860. The molecule has 1 N–H and O–H groups in total. The van der Waals surface area contributed by atoms with Gasteiger partial charge in [0.05, 0.1) is 0 Å². The molecule has 1 aliphatic heterocycles. The van der Waals surface area contributed by atoms with E-state index in [0.29, 0.717) is 0 Å². The summed E-state index contributed by atoms with van der Waals surface area (Å²) in [5.74, 6) is 0.862. The largest absolute Gasteiger partial charge is 0.316 e. The minimum absolute atomic E-state index is 0.862. The predicted octanol–water partition coefficient (Wildman–Crippen LogP) is 2.55. The van der Waals surface area contributed by atoms with Crippen LogP contribution in [0, 0.1) is 5.92 Å². The summed E-state index contributed by atoms with van der Waals surface area (Å²) < 4.78 is 0. The maximum absolute atomic E-state index is 3.50. The molecule has 18 heavy (non-hydrogen) atoms. The first-order chi connectivity index (χ1) is 8.84. The second-order valence-electron chi connectivity index (χ2n) is 5.56. The van der Waals surface area contributed by atoms with Gasteiger partial charge in [-0.25, -0.2) is 0 Å². The summed E-state index contributed by atoms with van der Waals surface area (Å²) in [7, 11) is 2.26. The molecule has 1 heterocycles. The van der Waals surface area contributed by atoms with Gasteiger partial charge in [0.1, 0.15) is 0 Å². The van der Waals surface area contributed by atoms with Crippen LogP contribution < -0.4 is 5.32 Å². The van der Waals surface area contributed by atoms with Gasteiger partial charge in [-0.3, -0.25) is 0 Å². The fourth-order valence-corrected chi connectivity index (χ4v) is 2.81. The third-order valence-electron chi connectivity index (χ3n) is 3.82. The van der Waals surface area contributed by atoms with Crippen LogP contribution in [0.15, 0.2) is 30.3 Å². The molecule has 2 rings (SSSR count). The molecular weight excluding hydrogens is 220 g/mol. The van der Waals surface area contributed by atoms with Crippen LogP contribution in [0.25, 0.3) is 0 Å². The summed E-state index contributed by atoms with van der Waals surface area (Å²) in [6.07, 6.45) is 5.22. The maximum atomic E-state index is 3.50. The molecule has 0 aromatic heterocycles. The van der Waals surface area contributed by atoms with Crippen molar-refractivity contribution < 1.29 is 0 Å². The van der Waals surface area contributed by atoms with Gasteiger partial charge in [0.2, 0.25) is 0 Å². The summed E-state index contributed by atoms with van der Waals surface area (Å²) in [6.45, 7) is 4.89. The van der Waals surface area contributed by atoms with E-state index < -0.39 is 0 Å². The third kappa shape index (κ3) is 4.79. The van der Waals surface area contributed by atoms with E-state index >= 15 is 0 Å². The van der Waals surface area contributed by atoms with Gasteiger partial charge in [-0.15, -0.1) is 0 Å². The standard InChI is InChI=1S/C16H26N2/c1-18(14-16-9-5-11-17-13-16)12-6-10-15-7-3-2-4-8-15/h2-4,7-8,16-17H,5-6,9-14H2,1H3. The number of benzene rings is 1. The molecule has 0 bridgehead atoms. The molecule has 1 fully saturated rings. The van der Waals surface area contributed by atoms with Crippen molar-refractivity contribution in [1.82, 2.24) is 10.2 Å². The average molecular weight is 246 g/mol. The second kappa shape index (κ2) is 7.55. The zero-order valence-corrected chi connectivity index (χ0v) is 11.6. The van der Waals surface area contributed by atoms with Crippen molar-refractivity contribution in [2.45, 2.75) is 25.7 Å². The maximum Gasteiger partial charge on any atom is 0.00187 e. The van der Waals surface area contributed by atoms with Crippen LogP contribution in [0.5, 0.6) is 0 Å². The van der Waals surface area contributed by atoms with Crippen molar-refractivity contribution in [3.63, 3.8) is 0 Å². The molecule has 0 radical (unpaired) electrons. The van der Waals surface area contributed by atoms with Crippen LogP contribution in [0.3, 0.4) is 0 Å². The lowest BCUT2D eigenvalue weighted by Crippen LogP contribution is -2.37. The summed E-state index contributed by atoms with van der Waals surface area (Å²) in [6, 6.07) is 10.8. The van der Waals surface area contributed by atoms with Crippen LogP contribution in [0.1, 0.15) is 24.8 Å². The molecule has 1 unspecified atom stereocenters. The molecule has 1 aromatic rings. The van der Waals surface area contributed by atoms with Gasteiger partial charge < -0.3 is 10.2 Å². The lowest BCUT2D eigenvalue weighted by atomic mass is 9.99. The van der Waals surface area contributed by atoms with E-state index in [4.69, 9.17) is 0 Å². The first kappa shape index (κ1) is 13.6. The van der Waals surface area contributed by atoms with Gasteiger partial charge in [-0.2, -0.15) is 0 Å². The predicted molar refractivity (Wildman–Crippen MR) is 77.9 cm³/mol. The number of hydrogen-bond acceptors (Lipinski definition) is 2. The highest BCUT2D eigenvalue weighted by Gasteiger charge is 2.14. The molecule has 0 aliphatic carbocycles. The minimum Gasteiger partial charge on any atom is -0.316 e. The molecule has 0 amide bonds. The second-order valence-corrected chi connectivity index (χ2v) is 5.56. The first-order valence-corrected chi connectivity index (χ1v) is 7.28. The Labute approximate surface area is 111 Å². The SMILES string of the molecule is CN(CCCc1ccccc1)CC1CCCNC1. The van der Waals surface area contributed by atoms with E-state index in [1.165, 1.54) is 57.4 Å². The monoisotopic (exact) mass is 246 g/mol. The number of nitrogens with zero attached hydrogens (tertiary/aromatic N) is 1. The lowest BCUT2D eigenvalue weighted by Gasteiger charge is -2.27. The van der Waals surface area contributed by atoms with E-state index in [1.807, 2.05) is 0 Å². The fraction of sp³-hybridized carbons (Fsp3) is 0.625. The number of aryl methyl sites for hydroxylation is 1. The van der Waals surface area contributed by atoms with Gasteiger partial charge in [-0.05, 0) is 63.8 Å². The number of rotatable bonds is 6. The summed E-state index contributed by atoms with van der Waals surface area (Å²) in [4.78, 5) is 2.50. The van der Waals surface area contributed by atoms with Gasteiger partial charge in [0.15, 0.2) is 0 Å². The Morgan fingerprint density at radius 1 is 1.28 bits per heavy atom. The zero-order chi connectivity index (χ0) is 12.6. The van der Waals surface area contributed by atoms with E-state index in [-0.39, 0.29) is 0 Å². The van der Waals surface area contributed by atoms with Crippen LogP contribution in [0.2, 0.25) is 0 Å². The molecular formula is C16H26N2. The Balaban J connectivity index is 1.61. The molecule has 1 saturated heterocycles. The molecule has 1 aliphatic rings. The molecule has 1 atom stereocenters. The summed E-state index contributed by atoms with van der Waals surface area (Å²) in [5, 5.41) is 3.50. The Morgan fingerprint density at radius 3 is 2.83 bits per heavy atom. The number of hydrogen-bond donors (Lipinski definition) is 1. The van der Waals surface area contributed by atoms with E-state index in [0.717, 1.165) is 5.92 Å². The fourth-order valence-electron chi connectivity index (χ4n) is 2.81. The number of piperidine rings is 1. The van der Waals surface area contributed by atoms with Crippen molar-refractivity contribution in [2.24, 2.45) is 5.92 Å². The van der Waals surface area contributed by atoms with Crippen molar-refractivity contribution in [1.29, 1.82) is 0 Å². The van der Waals surface area contributed by atoms with Crippen molar-refractivity contribution in [3.05, 3.63) is 35.9 Å². The van der Waals surface area contributed by atoms with E-state index in [2.05, 4.69) is 47.6 Å². The molecule has 2 nitrogen and oxygen atoms in total. The summed E-state index contributed by atoms with van der Waals surface area (Å²) in [5.41, 5.74) is 1.46. The summed E-state index contributed by atoms with van der Waals surface area (Å²) >= 11 is 0. The molecule has 100 valence electrons. The van der Waals surface area contributed by atoms with Gasteiger partial charge in [0, 0.05) is 6.54 Å². The Morgan fingerprint density at radius 2 is 2.11 bits per heavy atom. The smallest absolute Gasteiger partial charge is 0.00187 e. The van der Waals surface area contributed by atoms with Crippen LogP contribution in [-0.2, 0) is 6.42 Å². The average Bonchev–Trinajstić information content (AvgIpc) is 2.41. The number of nitrogens with one attached hydrogen (secondary N) is 1. The topological polar surface area (TPSA) is 15.3 Å². The highest BCUT2D eigenvalue weighted by atomic mass is 15.1. The van der Waals surface area contributed by atoms with Gasteiger partial charge in [-0.1, -0.05) is 30.3 Å². The van der Waals surface area contributed by atoms with E-state index in [1.54, 1.807) is 0 Å². The quantitative estimate of drug-likeness (QED) is 0.830. The van der Waals surface area contributed by atoms with Gasteiger partial charge >= 0.3 is 0 Å². The van der Waals surface area contributed by atoms with Crippen molar-refractivity contribution in [2.75, 3.05) is 33.2 Å². The molecule has 0 saturated carbocycles. The zero-order valence-electron chi connectivity index (χ0n) is 11.6. The van der Waals surface area contributed by atoms with Crippen LogP contribution >= 0.6 is 0 Å². The van der Waals surface area contributed by atoms with Crippen LogP contribution in [-0.4, -0.2) is 38.1 Å². The highest BCUT2D eigenvalue weighted by molar-refractivity contribution is 5.14. The molecule has 2 heteroatoms. The Bertz CT molecular complexity index is 317. The van der Waals surface area contributed by atoms with Crippen LogP contribution in [0.4, 0.5) is 0 Å². The molecule has 1 aromatic carbocycles. The lowest BCUT2D eigenvalue weighted by molar-refractivity contribution is 0.241. The van der Waals surface area contributed by atoms with E-state index in [9.17, 15) is 0 Å². The Kier molecular flexibility index (Phi) is 5.69. The highest BCUT2D eigenvalue weighted by Crippen LogP contribution is 2.11. The minimum atomic E-state index is 0.862. The third-order valence-corrected chi connectivity index (χ3v) is 3.82. The van der Waals surface area contributed by atoms with Crippen molar-refractivity contribution in [3.8, 4) is 0 Å². The van der Waals surface area contributed by atoms with Crippen molar-refractivity contribution >= 4 is 0 Å². The normalized spacial score (nSPS) is 20.2. The molecule has 0 spiro atoms.